The molecule has 1 N–H and O–H groups in total. The number of rotatable bonds is 5. The van der Waals surface area contributed by atoms with Crippen LogP contribution in [-0.4, -0.2) is 30.6 Å². The molecule has 2 rings (SSSR count). The quantitative estimate of drug-likeness (QED) is 0.892. The third-order valence-corrected chi connectivity index (χ3v) is 2.90. The maximum atomic E-state index is 4.44. The predicted octanol–water partition coefficient (Wildman–Crippen LogP) is 3.03. The van der Waals surface area contributed by atoms with Crippen LogP contribution in [0.25, 0.3) is 11.3 Å². The number of anilines is 2. The smallest absolute Gasteiger partial charge is 0.152 e. The van der Waals surface area contributed by atoms with Crippen molar-refractivity contribution in [1.82, 2.24) is 9.97 Å². The molecule has 4 heteroatoms. The largest absolute Gasteiger partial charge is 0.378 e. The highest BCUT2D eigenvalue weighted by Gasteiger charge is 2.07. The summed E-state index contributed by atoms with van der Waals surface area (Å²) in [6.45, 7) is 3.04. The van der Waals surface area contributed by atoms with Gasteiger partial charge in [-0.05, 0) is 18.6 Å². The van der Waals surface area contributed by atoms with Crippen molar-refractivity contribution in [2.75, 3.05) is 30.9 Å². The fourth-order valence-electron chi connectivity index (χ4n) is 1.84. The van der Waals surface area contributed by atoms with Crippen molar-refractivity contribution in [3.63, 3.8) is 0 Å². The van der Waals surface area contributed by atoms with Crippen LogP contribution in [0.2, 0.25) is 0 Å². The summed E-state index contributed by atoms with van der Waals surface area (Å²) >= 11 is 0. The molecule has 0 atom stereocenters. The summed E-state index contributed by atoms with van der Waals surface area (Å²) in [4.78, 5) is 10.9. The van der Waals surface area contributed by atoms with E-state index in [2.05, 4.69) is 51.4 Å². The molecule has 0 aliphatic carbocycles. The summed E-state index contributed by atoms with van der Waals surface area (Å²) in [5, 5.41) is 3.31. The molecule has 19 heavy (non-hydrogen) atoms. The van der Waals surface area contributed by atoms with Crippen molar-refractivity contribution >= 4 is 11.5 Å². The van der Waals surface area contributed by atoms with Crippen LogP contribution in [0, 0.1) is 0 Å². The van der Waals surface area contributed by atoms with Gasteiger partial charge in [-0.15, -0.1) is 0 Å². The average Bonchev–Trinajstić information content (AvgIpc) is 2.45. The van der Waals surface area contributed by atoms with Crippen LogP contribution >= 0.6 is 0 Å². The van der Waals surface area contributed by atoms with E-state index in [0.717, 1.165) is 30.0 Å². The highest BCUT2D eigenvalue weighted by Crippen LogP contribution is 2.25. The molecule has 0 fully saturated rings. The van der Waals surface area contributed by atoms with Crippen LogP contribution in [0.1, 0.15) is 13.3 Å². The Bertz CT molecular complexity index is 520. The van der Waals surface area contributed by atoms with Gasteiger partial charge in [-0.3, -0.25) is 4.98 Å². The SMILES string of the molecule is CCCNc1nccnc1-c1ccc(N(C)C)cc1. The first-order valence-electron chi connectivity index (χ1n) is 6.55. The number of nitrogens with zero attached hydrogens (tertiary/aromatic N) is 3. The van der Waals surface area contributed by atoms with E-state index in [1.807, 2.05) is 14.1 Å². The summed E-state index contributed by atoms with van der Waals surface area (Å²) in [6.07, 6.45) is 4.51. The van der Waals surface area contributed by atoms with Gasteiger partial charge in [0, 0.05) is 44.3 Å². The maximum Gasteiger partial charge on any atom is 0.152 e. The molecule has 0 radical (unpaired) electrons. The second-order valence-corrected chi connectivity index (χ2v) is 4.62. The monoisotopic (exact) mass is 256 g/mol. The van der Waals surface area contributed by atoms with Crippen LogP contribution in [0.4, 0.5) is 11.5 Å². The lowest BCUT2D eigenvalue weighted by Gasteiger charge is -2.13. The lowest BCUT2D eigenvalue weighted by molar-refractivity contribution is 0.966. The second kappa shape index (κ2) is 6.18. The van der Waals surface area contributed by atoms with Crippen molar-refractivity contribution in [3.8, 4) is 11.3 Å². The van der Waals surface area contributed by atoms with Crippen molar-refractivity contribution < 1.29 is 0 Å². The van der Waals surface area contributed by atoms with Crippen molar-refractivity contribution in [2.45, 2.75) is 13.3 Å². The second-order valence-electron chi connectivity index (χ2n) is 4.62. The standard InChI is InChI=1S/C15H20N4/c1-4-9-17-15-14(16-10-11-18-15)12-5-7-13(8-6-12)19(2)3/h5-8,10-11H,4,9H2,1-3H3,(H,17,18). The van der Waals surface area contributed by atoms with Gasteiger partial charge in [-0.25, -0.2) is 4.98 Å². The Hall–Kier alpha value is -2.10. The Morgan fingerprint density at radius 1 is 1.05 bits per heavy atom. The first-order valence-corrected chi connectivity index (χ1v) is 6.55. The zero-order valence-corrected chi connectivity index (χ0v) is 11.7. The van der Waals surface area contributed by atoms with Gasteiger partial charge in [-0.1, -0.05) is 19.1 Å². The summed E-state index contributed by atoms with van der Waals surface area (Å²) < 4.78 is 0. The van der Waals surface area contributed by atoms with Gasteiger partial charge in [0.05, 0.1) is 0 Å². The lowest BCUT2D eigenvalue weighted by Crippen LogP contribution is -2.08. The summed E-state index contributed by atoms with van der Waals surface area (Å²) in [6, 6.07) is 8.34. The predicted molar refractivity (Wildman–Crippen MR) is 80.6 cm³/mol. The van der Waals surface area contributed by atoms with Crippen LogP contribution in [-0.2, 0) is 0 Å². The molecular weight excluding hydrogens is 236 g/mol. The topological polar surface area (TPSA) is 41.1 Å². The van der Waals surface area contributed by atoms with Crippen molar-refractivity contribution in [2.24, 2.45) is 0 Å². The molecule has 1 heterocycles. The molecule has 0 amide bonds. The fraction of sp³-hybridized carbons (Fsp3) is 0.333. The van der Waals surface area contributed by atoms with E-state index >= 15 is 0 Å². The molecule has 0 aliphatic rings. The highest BCUT2D eigenvalue weighted by atomic mass is 15.1. The Labute approximate surface area is 114 Å². The Morgan fingerprint density at radius 2 is 1.74 bits per heavy atom. The number of hydrogen-bond acceptors (Lipinski definition) is 4. The maximum absolute atomic E-state index is 4.44. The van der Waals surface area contributed by atoms with Gasteiger partial charge < -0.3 is 10.2 Å². The summed E-state index contributed by atoms with van der Waals surface area (Å²) in [5.74, 6) is 0.849. The zero-order valence-electron chi connectivity index (χ0n) is 11.7. The molecule has 0 spiro atoms. The van der Waals surface area contributed by atoms with E-state index < -0.39 is 0 Å². The molecule has 100 valence electrons. The molecule has 0 aliphatic heterocycles. The van der Waals surface area contributed by atoms with Crippen LogP contribution < -0.4 is 10.2 Å². The average molecular weight is 256 g/mol. The summed E-state index contributed by atoms with van der Waals surface area (Å²) in [7, 11) is 4.07. The Kier molecular flexibility index (Phi) is 4.34. The molecule has 0 saturated heterocycles. The molecule has 4 nitrogen and oxygen atoms in total. The zero-order chi connectivity index (χ0) is 13.7. The van der Waals surface area contributed by atoms with Gasteiger partial charge in [0.25, 0.3) is 0 Å². The van der Waals surface area contributed by atoms with Gasteiger partial charge in [0.1, 0.15) is 5.69 Å². The fourth-order valence-corrected chi connectivity index (χ4v) is 1.84. The molecule has 0 bridgehead atoms. The van der Waals surface area contributed by atoms with Crippen LogP contribution in [0.5, 0.6) is 0 Å². The normalized spacial score (nSPS) is 10.3. The minimum absolute atomic E-state index is 0.849. The van der Waals surface area contributed by atoms with E-state index in [0.29, 0.717) is 0 Å². The third-order valence-electron chi connectivity index (χ3n) is 2.90. The van der Waals surface area contributed by atoms with Crippen molar-refractivity contribution in [3.05, 3.63) is 36.7 Å². The van der Waals surface area contributed by atoms with Crippen LogP contribution in [0.15, 0.2) is 36.7 Å². The molecule has 2 aromatic rings. The van der Waals surface area contributed by atoms with E-state index in [1.54, 1.807) is 12.4 Å². The number of nitrogens with one attached hydrogen (secondary N) is 1. The first kappa shape index (κ1) is 13.3. The Balaban J connectivity index is 2.30. The van der Waals surface area contributed by atoms with Gasteiger partial charge in [-0.2, -0.15) is 0 Å². The minimum Gasteiger partial charge on any atom is -0.378 e. The molecule has 1 aromatic heterocycles. The van der Waals surface area contributed by atoms with Gasteiger partial charge >= 0.3 is 0 Å². The molecule has 1 aromatic carbocycles. The van der Waals surface area contributed by atoms with Gasteiger partial charge in [0.2, 0.25) is 0 Å². The minimum atomic E-state index is 0.849. The third kappa shape index (κ3) is 3.22. The number of aromatic nitrogens is 2. The van der Waals surface area contributed by atoms with E-state index in [4.69, 9.17) is 0 Å². The van der Waals surface area contributed by atoms with Crippen molar-refractivity contribution in [1.29, 1.82) is 0 Å². The Morgan fingerprint density at radius 3 is 2.37 bits per heavy atom. The van der Waals surface area contributed by atoms with E-state index in [-0.39, 0.29) is 0 Å². The van der Waals surface area contributed by atoms with E-state index in [1.165, 1.54) is 5.69 Å². The number of benzene rings is 1. The van der Waals surface area contributed by atoms with E-state index in [9.17, 15) is 0 Å². The molecule has 0 unspecified atom stereocenters. The summed E-state index contributed by atoms with van der Waals surface area (Å²) in [5.41, 5.74) is 3.16. The molecular formula is C15H20N4. The number of hydrogen-bond donors (Lipinski definition) is 1. The lowest BCUT2D eigenvalue weighted by atomic mass is 10.1. The molecule has 0 saturated carbocycles. The first-order chi connectivity index (χ1) is 9.22. The van der Waals surface area contributed by atoms with Crippen LogP contribution in [0.3, 0.4) is 0 Å². The van der Waals surface area contributed by atoms with Gasteiger partial charge in [0.15, 0.2) is 5.82 Å². The highest BCUT2D eigenvalue weighted by molar-refractivity contribution is 5.72.